The third-order valence-electron chi connectivity index (χ3n) is 1.24. The Labute approximate surface area is 58.6 Å². The first-order chi connectivity index (χ1) is 4.83. The highest BCUT2D eigenvalue weighted by Crippen LogP contribution is 2.12. The zero-order valence-electron chi connectivity index (χ0n) is 5.33. The van der Waals surface area contributed by atoms with Crippen LogP contribution in [-0.2, 0) is 9.47 Å². The molecule has 0 aromatic carbocycles. The van der Waals surface area contributed by atoms with Gasteiger partial charge in [0, 0.05) is 0 Å². The topological polar surface area (TPSA) is 66.0 Å². The maximum absolute atomic E-state index is 8.46. The maximum atomic E-state index is 8.46. The number of nitriles is 2. The molecule has 0 amide bonds. The van der Waals surface area contributed by atoms with Crippen LogP contribution in [0.15, 0.2) is 0 Å². The molecule has 0 unspecified atom stereocenters. The van der Waals surface area contributed by atoms with Gasteiger partial charge in [-0.3, -0.25) is 0 Å². The Balaban J connectivity index is 2.67. The Kier molecular flexibility index (Phi) is 1.86. The van der Waals surface area contributed by atoms with E-state index < -0.39 is 5.60 Å². The molecule has 1 heterocycles. The Morgan fingerprint density at radius 2 is 1.90 bits per heavy atom. The molecule has 0 saturated carbocycles. The van der Waals surface area contributed by atoms with Gasteiger partial charge in [-0.2, -0.15) is 10.5 Å². The molecule has 0 atom stereocenters. The smallest absolute Gasteiger partial charge is 0.264 e. The van der Waals surface area contributed by atoms with Crippen molar-refractivity contribution in [3.8, 4) is 12.1 Å². The van der Waals surface area contributed by atoms with Crippen molar-refractivity contribution in [2.24, 2.45) is 0 Å². The summed E-state index contributed by atoms with van der Waals surface area (Å²) in [4.78, 5) is 0. The van der Waals surface area contributed by atoms with Crippen molar-refractivity contribution in [2.45, 2.75) is 5.60 Å². The van der Waals surface area contributed by atoms with Gasteiger partial charge in [0.05, 0.1) is 13.2 Å². The molecule has 0 aromatic heterocycles. The predicted octanol–water partition coefficient (Wildman–Crippen LogP) is -0.181. The van der Waals surface area contributed by atoms with Gasteiger partial charge in [0.25, 0.3) is 5.60 Å². The van der Waals surface area contributed by atoms with E-state index in [1.54, 1.807) is 12.1 Å². The largest absolute Gasteiger partial charge is 0.374 e. The van der Waals surface area contributed by atoms with Crippen LogP contribution in [0.2, 0.25) is 0 Å². The molecule has 4 nitrogen and oxygen atoms in total. The minimum absolute atomic E-state index is 0.0556. The number of hydrogen-bond donors (Lipinski definition) is 0. The highest BCUT2D eigenvalue weighted by atomic mass is 16.6. The highest BCUT2D eigenvalue weighted by molar-refractivity contribution is 5.18. The number of rotatable bonds is 0. The molecule has 4 heteroatoms. The number of nitrogens with zero attached hydrogens (tertiary/aromatic N) is 2. The molecule has 52 valence electrons. The van der Waals surface area contributed by atoms with Gasteiger partial charge in [-0.15, -0.1) is 0 Å². The molecule has 1 saturated heterocycles. The first-order valence-electron chi connectivity index (χ1n) is 2.87. The Morgan fingerprint density at radius 3 is 2.20 bits per heavy atom. The zero-order valence-corrected chi connectivity index (χ0v) is 5.33. The Morgan fingerprint density at radius 1 is 1.20 bits per heavy atom. The summed E-state index contributed by atoms with van der Waals surface area (Å²) in [5.41, 5.74) is -1.35. The third kappa shape index (κ3) is 1.08. The number of ether oxygens (including phenoxy) is 2. The van der Waals surface area contributed by atoms with Crippen LogP contribution in [0, 0.1) is 22.7 Å². The fourth-order valence-corrected chi connectivity index (χ4v) is 0.686. The van der Waals surface area contributed by atoms with Crippen molar-refractivity contribution in [2.75, 3.05) is 19.8 Å². The van der Waals surface area contributed by atoms with E-state index in [9.17, 15) is 0 Å². The zero-order chi connectivity index (χ0) is 7.45. The molecular weight excluding hydrogens is 132 g/mol. The summed E-state index contributed by atoms with van der Waals surface area (Å²) in [5, 5.41) is 16.9. The second-order valence-corrected chi connectivity index (χ2v) is 1.95. The minimum atomic E-state index is -1.35. The molecule has 1 aliphatic heterocycles. The van der Waals surface area contributed by atoms with Gasteiger partial charge in [0.1, 0.15) is 18.7 Å². The average Bonchev–Trinajstić information content (AvgIpc) is 2.06. The van der Waals surface area contributed by atoms with Gasteiger partial charge in [-0.05, 0) is 0 Å². The summed E-state index contributed by atoms with van der Waals surface area (Å²) < 4.78 is 9.81. The normalized spacial score (nSPS) is 22.6. The van der Waals surface area contributed by atoms with Gasteiger partial charge >= 0.3 is 0 Å². The standard InChI is InChI=1S/C6H6N2O2/c7-3-6(4-8)5-9-1-2-10-6/h1-2,5H2. The lowest BCUT2D eigenvalue weighted by Gasteiger charge is -2.23. The molecule has 0 radical (unpaired) electrons. The second-order valence-electron chi connectivity index (χ2n) is 1.95. The summed E-state index contributed by atoms with van der Waals surface area (Å²) in [6.45, 7) is 0.840. The maximum Gasteiger partial charge on any atom is 0.264 e. The van der Waals surface area contributed by atoms with E-state index in [1.807, 2.05) is 0 Å². The van der Waals surface area contributed by atoms with E-state index in [1.165, 1.54) is 0 Å². The molecule has 0 aromatic rings. The minimum Gasteiger partial charge on any atom is -0.374 e. The molecular formula is C6H6N2O2. The Bertz CT molecular complexity index is 179. The summed E-state index contributed by atoms with van der Waals surface area (Å²) >= 11 is 0. The molecule has 0 aliphatic carbocycles. The van der Waals surface area contributed by atoms with E-state index in [0.29, 0.717) is 13.2 Å². The molecule has 0 spiro atoms. The van der Waals surface area contributed by atoms with Crippen LogP contribution in [0.5, 0.6) is 0 Å². The van der Waals surface area contributed by atoms with Crippen LogP contribution in [0.1, 0.15) is 0 Å². The SMILES string of the molecule is N#CC1(C#N)COCCO1. The lowest BCUT2D eigenvalue weighted by molar-refractivity contribution is -0.0992. The van der Waals surface area contributed by atoms with Crippen molar-refractivity contribution in [3.05, 3.63) is 0 Å². The molecule has 1 rings (SSSR count). The fourth-order valence-electron chi connectivity index (χ4n) is 0.686. The van der Waals surface area contributed by atoms with E-state index in [4.69, 9.17) is 20.0 Å². The van der Waals surface area contributed by atoms with Crippen LogP contribution in [0.3, 0.4) is 0 Å². The molecule has 0 bridgehead atoms. The van der Waals surface area contributed by atoms with Gasteiger partial charge in [0.15, 0.2) is 0 Å². The highest BCUT2D eigenvalue weighted by Gasteiger charge is 2.34. The van der Waals surface area contributed by atoms with Crippen LogP contribution in [0.25, 0.3) is 0 Å². The summed E-state index contributed by atoms with van der Waals surface area (Å²) in [5.74, 6) is 0. The lowest BCUT2D eigenvalue weighted by Crippen LogP contribution is -2.40. The average molecular weight is 138 g/mol. The fraction of sp³-hybridized carbons (Fsp3) is 0.667. The molecule has 0 N–H and O–H groups in total. The van der Waals surface area contributed by atoms with Gasteiger partial charge in [-0.25, -0.2) is 0 Å². The van der Waals surface area contributed by atoms with E-state index in [-0.39, 0.29) is 6.61 Å². The van der Waals surface area contributed by atoms with E-state index >= 15 is 0 Å². The van der Waals surface area contributed by atoms with Crippen molar-refractivity contribution in [1.29, 1.82) is 10.5 Å². The van der Waals surface area contributed by atoms with Crippen molar-refractivity contribution in [1.82, 2.24) is 0 Å². The van der Waals surface area contributed by atoms with Crippen molar-refractivity contribution < 1.29 is 9.47 Å². The number of hydrogen-bond acceptors (Lipinski definition) is 4. The second kappa shape index (κ2) is 2.66. The van der Waals surface area contributed by atoms with Crippen LogP contribution >= 0.6 is 0 Å². The quantitative estimate of drug-likeness (QED) is 0.465. The van der Waals surface area contributed by atoms with E-state index in [2.05, 4.69) is 0 Å². The van der Waals surface area contributed by atoms with Crippen molar-refractivity contribution >= 4 is 0 Å². The van der Waals surface area contributed by atoms with Crippen LogP contribution in [0.4, 0.5) is 0 Å². The third-order valence-corrected chi connectivity index (χ3v) is 1.24. The monoisotopic (exact) mass is 138 g/mol. The van der Waals surface area contributed by atoms with Gasteiger partial charge in [0.2, 0.25) is 0 Å². The molecule has 10 heavy (non-hydrogen) atoms. The summed E-state index contributed by atoms with van der Waals surface area (Å²) in [6.07, 6.45) is 0. The van der Waals surface area contributed by atoms with Gasteiger partial charge in [-0.1, -0.05) is 0 Å². The lowest BCUT2D eigenvalue weighted by atomic mass is 10.1. The van der Waals surface area contributed by atoms with E-state index in [0.717, 1.165) is 0 Å². The van der Waals surface area contributed by atoms with Gasteiger partial charge < -0.3 is 9.47 Å². The first-order valence-corrected chi connectivity index (χ1v) is 2.87. The summed E-state index contributed by atoms with van der Waals surface area (Å²) in [6, 6.07) is 3.52. The Hall–Kier alpha value is -1.10. The summed E-state index contributed by atoms with van der Waals surface area (Å²) in [7, 11) is 0. The predicted molar refractivity (Wildman–Crippen MR) is 30.7 cm³/mol. The molecule has 1 fully saturated rings. The van der Waals surface area contributed by atoms with Crippen LogP contribution in [-0.4, -0.2) is 25.4 Å². The van der Waals surface area contributed by atoms with Crippen LogP contribution < -0.4 is 0 Å². The first kappa shape index (κ1) is 7.01. The molecule has 1 aliphatic rings. The van der Waals surface area contributed by atoms with Crippen molar-refractivity contribution in [3.63, 3.8) is 0 Å².